The molecule has 1 aromatic rings. The molecule has 3 heterocycles. The number of amides is 2. The molecular formula is C19H29F2N5O3. The Balaban J connectivity index is 1.67. The molecule has 29 heavy (non-hydrogen) atoms. The van der Waals surface area contributed by atoms with Gasteiger partial charge in [-0.2, -0.15) is 5.10 Å². The van der Waals surface area contributed by atoms with E-state index in [1.807, 2.05) is 20.0 Å². The molecule has 1 aromatic heterocycles. The molecule has 2 fully saturated rings. The van der Waals surface area contributed by atoms with Crippen molar-refractivity contribution in [2.45, 2.75) is 51.4 Å². The number of hydrogen-bond acceptors (Lipinski definition) is 5. The van der Waals surface area contributed by atoms with Gasteiger partial charge in [0.1, 0.15) is 6.61 Å². The molecule has 0 aliphatic carbocycles. The van der Waals surface area contributed by atoms with Crippen LogP contribution < -0.4 is 0 Å². The summed E-state index contributed by atoms with van der Waals surface area (Å²) < 4.78 is 35.0. The van der Waals surface area contributed by atoms with Gasteiger partial charge in [0, 0.05) is 64.1 Å². The fraction of sp³-hybridized carbons (Fsp3) is 0.737. The van der Waals surface area contributed by atoms with E-state index in [2.05, 4.69) is 5.10 Å². The number of likely N-dealkylation sites (tertiary alicyclic amines) is 2. The van der Waals surface area contributed by atoms with Gasteiger partial charge in [0.2, 0.25) is 11.8 Å². The van der Waals surface area contributed by atoms with Gasteiger partial charge in [-0.15, -0.1) is 0 Å². The van der Waals surface area contributed by atoms with Crippen LogP contribution in [0.3, 0.4) is 0 Å². The second-order valence-electron chi connectivity index (χ2n) is 7.69. The van der Waals surface area contributed by atoms with E-state index in [1.165, 1.54) is 7.11 Å². The van der Waals surface area contributed by atoms with E-state index < -0.39 is 24.9 Å². The lowest BCUT2D eigenvalue weighted by atomic mass is 10.0. The van der Waals surface area contributed by atoms with Gasteiger partial charge in [-0.05, 0) is 13.8 Å². The summed E-state index contributed by atoms with van der Waals surface area (Å²) >= 11 is 0. The van der Waals surface area contributed by atoms with E-state index in [0.717, 1.165) is 12.1 Å². The Bertz CT molecular complexity index is 735. The van der Waals surface area contributed by atoms with Crippen LogP contribution in [0.5, 0.6) is 0 Å². The average Bonchev–Trinajstić information content (AvgIpc) is 3.21. The highest BCUT2D eigenvalue weighted by molar-refractivity contribution is 5.83. The van der Waals surface area contributed by atoms with Crippen molar-refractivity contribution in [1.29, 1.82) is 0 Å². The van der Waals surface area contributed by atoms with E-state index >= 15 is 0 Å². The summed E-state index contributed by atoms with van der Waals surface area (Å²) in [5.74, 6) is -3.37. The third-order valence-corrected chi connectivity index (χ3v) is 5.62. The Kier molecular flexibility index (Phi) is 6.52. The Labute approximate surface area is 169 Å². The summed E-state index contributed by atoms with van der Waals surface area (Å²) in [6.45, 7) is 5.51. The maximum Gasteiger partial charge on any atom is 0.262 e. The number of likely N-dealkylation sites (N-methyl/N-ethyl adjacent to an activating group) is 1. The standard InChI is InChI=1S/C19H29F2N5O3/c1-4-23(8-14-7-22-25(5-2)9-14)18(28)16-6-19(20,21)13-26(16)15-10-24(11-15)17(27)12-29-3/h7,9,15-16H,4-6,8,10-13H2,1-3H3/t16-/m0/s1. The van der Waals surface area contributed by atoms with Gasteiger partial charge < -0.3 is 14.5 Å². The number of rotatable bonds is 8. The van der Waals surface area contributed by atoms with Crippen molar-refractivity contribution in [1.82, 2.24) is 24.5 Å². The summed E-state index contributed by atoms with van der Waals surface area (Å²) in [6.07, 6.45) is 3.08. The summed E-state index contributed by atoms with van der Waals surface area (Å²) in [5.41, 5.74) is 0.873. The molecule has 2 amide bonds. The third kappa shape index (κ3) is 4.75. The van der Waals surface area contributed by atoms with Gasteiger partial charge in [-0.25, -0.2) is 8.78 Å². The molecule has 0 unspecified atom stereocenters. The summed E-state index contributed by atoms with van der Waals surface area (Å²) in [6, 6.07) is -1.12. The van der Waals surface area contributed by atoms with Gasteiger partial charge >= 0.3 is 0 Å². The van der Waals surface area contributed by atoms with E-state index in [9.17, 15) is 18.4 Å². The van der Waals surface area contributed by atoms with Crippen LogP contribution in [0.25, 0.3) is 0 Å². The van der Waals surface area contributed by atoms with Crippen molar-refractivity contribution in [2.75, 3.05) is 39.9 Å². The number of nitrogens with zero attached hydrogens (tertiary/aromatic N) is 5. The first-order valence-corrected chi connectivity index (χ1v) is 9.98. The quantitative estimate of drug-likeness (QED) is 0.631. The molecule has 2 aliphatic heterocycles. The second kappa shape index (κ2) is 8.74. The number of halogens is 2. The Morgan fingerprint density at radius 2 is 2.07 bits per heavy atom. The molecule has 162 valence electrons. The molecule has 0 radical (unpaired) electrons. The van der Waals surface area contributed by atoms with Crippen LogP contribution in [-0.4, -0.2) is 94.2 Å². The molecule has 3 rings (SSSR count). The van der Waals surface area contributed by atoms with E-state index in [1.54, 1.807) is 25.6 Å². The number of ether oxygens (including phenoxy) is 1. The van der Waals surface area contributed by atoms with Gasteiger partial charge in [-0.1, -0.05) is 0 Å². The molecule has 2 saturated heterocycles. The zero-order valence-corrected chi connectivity index (χ0v) is 17.2. The van der Waals surface area contributed by atoms with Crippen molar-refractivity contribution in [2.24, 2.45) is 0 Å². The number of hydrogen-bond donors (Lipinski definition) is 0. The van der Waals surface area contributed by atoms with Crippen LogP contribution in [0.4, 0.5) is 8.78 Å². The normalized spacial score (nSPS) is 22.0. The smallest absolute Gasteiger partial charge is 0.262 e. The van der Waals surface area contributed by atoms with Gasteiger partial charge in [0.25, 0.3) is 5.92 Å². The molecule has 2 aliphatic rings. The number of methoxy groups -OCH3 is 1. The monoisotopic (exact) mass is 413 g/mol. The Morgan fingerprint density at radius 1 is 1.34 bits per heavy atom. The Morgan fingerprint density at radius 3 is 2.66 bits per heavy atom. The second-order valence-corrected chi connectivity index (χ2v) is 7.69. The number of carbonyl (C=O) groups excluding carboxylic acids is 2. The number of carbonyl (C=O) groups is 2. The first-order chi connectivity index (χ1) is 13.8. The van der Waals surface area contributed by atoms with Gasteiger partial charge in [0.15, 0.2) is 0 Å². The fourth-order valence-corrected chi connectivity index (χ4v) is 3.98. The molecule has 10 heteroatoms. The highest BCUT2D eigenvalue weighted by Gasteiger charge is 2.53. The Hall–Kier alpha value is -2.07. The predicted octanol–water partition coefficient (Wildman–Crippen LogP) is 0.818. The van der Waals surface area contributed by atoms with E-state index in [0.29, 0.717) is 26.2 Å². The average molecular weight is 413 g/mol. The van der Waals surface area contributed by atoms with Crippen LogP contribution in [0.1, 0.15) is 25.8 Å². The van der Waals surface area contributed by atoms with Crippen molar-refractivity contribution < 1.29 is 23.1 Å². The van der Waals surface area contributed by atoms with E-state index in [-0.39, 0.29) is 24.5 Å². The minimum absolute atomic E-state index is 0.0275. The number of alkyl halides is 2. The molecule has 0 aromatic carbocycles. The zero-order valence-electron chi connectivity index (χ0n) is 17.2. The number of aryl methyl sites for hydroxylation is 1. The first kappa shape index (κ1) is 21.6. The maximum atomic E-state index is 14.2. The number of aromatic nitrogens is 2. The van der Waals surface area contributed by atoms with Gasteiger partial charge in [0.05, 0.1) is 18.8 Å². The summed E-state index contributed by atoms with van der Waals surface area (Å²) in [5, 5.41) is 4.21. The zero-order chi connectivity index (χ0) is 21.2. The van der Waals surface area contributed by atoms with Crippen molar-refractivity contribution in [3.05, 3.63) is 18.0 Å². The predicted molar refractivity (Wildman–Crippen MR) is 101 cm³/mol. The summed E-state index contributed by atoms with van der Waals surface area (Å²) in [4.78, 5) is 29.8. The SMILES string of the molecule is CCN(Cc1cnn(CC)c1)C(=O)[C@@H]1CC(F)(F)CN1C1CN(C(=O)COC)C1. The lowest BCUT2D eigenvalue weighted by Gasteiger charge is -2.46. The van der Waals surface area contributed by atoms with Crippen LogP contribution in [-0.2, 0) is 27.4 Å². The molecule has 1 atom stereocenters. The first-order valence-electron chi connectivity index (χ1n) is 9.98. The molecule has 0 saturated carbocycles. The van der Waals surface area contributed by atoms with Crippen molar-refractivity contribution in [3.63, 3.8) is 0 Å². The van der Waals surface area contributed by atoms with Gasteiger partial charge in [-0.3, -0.25) is 19.2 Å². The molecule has 0 bridgehead atoms. The minimum Gasteiger partial charge on any atom is -0.375 e. The van der Waals surface area contributed by atoms with Crippen LogP contribution >= 0.6 is 0 Å². The molecule has 8 nitrogen and oxygen atoms in total. The fourth-order valence-electron chi connectivity index (χ4n) is 3.98. The summed E-state index contributed by atoms with van der Waals surface area (Å²) in [7, 11) is 1.44. The van der Waals surface area contributed by atoms with E-state index in [4.69, 9.17) is 4.74 Å². The third-order valence-electron chi connectivity index (χ3n) is 5.62. The maximum absolute atomic E-state index is 14.2. The minimum atomic E-state index is -2.91. The van der Waals surface area contributed by atoms with Crippen LogP contribution in [0, 0.1) is 0 Å². The topological polar surface area (TPSA) is 70.9 Å². The highest BCUT2D eigenvalue weighted by Crippen LogP contribution is 2.36. The van der Waals surface area contributed by atoms with Crippen molar-refractivity contribution in [3.8, 4) is 0 Å². The largest absolute Gasteiger partial charge is 0.375 e. The molecular weight excluding hydrogens is 384 g/mol. The highest BCUT2D eigenvalue weighted by atomic mass is 19.3. The van der Waals surface area contributed by atoms with Crippen LogP contribution in [0.15, 0.2) is 12.4 Å². The van der Waals surface area contributed by atoms with Crippen LogP contribution in [0.2, 0.25) is 0 Å². The lowest BCUT2D eigenvalue weighted by Crippen LogP contribution is -2.64. The van der Waals surface area contributed by atoms with Crippen molar-refractivity contribution >= 4 is 11.8 Å². The lowest BCUT2D eigenvalue weighted by molar-refractivity contribution is -0.145. The molecule has 0 spiro atoms. The molecule has 0 N–H and O–H groups in total.